The number of fused-ring (bicyclic) bond motifs is 1. The van der Waals surface area contributed by atoms with E-state index in [1.807, 2.05) is 50.5 Å². The van der Waals surface area contributed by atoms with E-state index in [2.05, 4.69) is 48.4 Å². The van der Waals surface area contributed by atoms with Crippen molar-refractivity contribution in [1.82, 2.24) is 25.1 Å². The minimum Gasteiger partial charge on any atom is -0.484 e. The summed E-state index contributed by atoms with van der Waals surface area (Å²) in [6.45, 7) is 9.18. The Bertz CT molecular complexity index is 1170. The normalized spacial score (nSPS) is 20.6. The number of benzene rings is 2. The van der Waals surface area contributed by atoms with Crippen molar-refractivity contribution in [1.29, 1.82) is 0 Å². The van der Waals surface area contributed by atoms with Crippen LogP contribution >= 0.6 is 0 Å². The zero-order chi connectivity index (χ0) is 24.9. The van der Waals surface area contributed by atoms with Crippen LogP contribution in [0.25, 0.3) is 10.9 Å². The molecule has 0 radical (unpaired) electrons. The number of hydrogen-bond acceptors (Lipinski definition) is 6. The van der Waals surface area contributed by atoms with Crippen molar-refractivity contribution in [2.45, 2.75) is 57.8 Å². The van der Waals surface area contributed by atoms with E-state index >= 15 is 0 Å². The third-order valence-electron chi connectivity index (χ3n) is 6.81. The molecule has 3 aromatic rings. The van der Waals surface area contributed by atoms with Crippen LogP contribution in [-0.4, -0.2) is 53.2 Å². The number of likely N-dealkylation sites (N-methyl/N-ethyl adjacent to an activating group) is 1. The fourth-order valence-corrected chi connectivity index (χ4v) is 5.26. The van der Waals surface area contributed by atoms with Crippen LogP contribution in [0.1, 0.15) is 57.1 Å². The Labute approximate surface area is 208 Å². The summed E-state index contributed by atoms with van der Waals surface area (Å²) in [4.78, 5) is 20.9. The molecule has 0 unspecified atom stereocenters. The van der Waals surface area contributed by atoms with E-state index in [1.165, 1.54) is 0 Å². The summed E-state index contributed by atoms with van der Waals surface area (Å²) in [5, 5.41) is 7.44. The molecule has 2 N–H and O–H groups in total. The van der Waals surface area contributed by atoms with Crippen LogP contribution in [-0.2, 0) is 7.05 Å². The summed E-state index contributed by atoms with van der Waals surface area (Å²) in [6.07, 6.45) is 1.85. The Morgan fingerprint density at radius 1 is 1.14 bits per heavy atom. The van der Waals surface area contributed by atoms with Gasteiger partial charge in [0.2, 0.25) is 0 Å². The molecule has 0 spiro atoms. The summed E-state index contributed by atoms with van der Waals surface area (Å²) < 4.78 is 8.13. The van der Waals surface area contributed by atoms with E-state index in [0.29, 0.717) is 35.3 Å². The summed E-state index contributed by atoms with van der Waals surface area (Å²) in [5.74, 6) is 1.54. The van der Waals surface area contributed by atoms with Gasteiger partial charge in [0, 0.05) is 44.8 Å². The first-order valence-electron chi connectivity index (χ1n) is 12.8. The molecule has 1 aliphatic heterocycles. The topological polar surface area (TPSA) is 71.4 Å². The molecular weight excluding hydrogens is 438 g/mol. The van der Waals surface area contributed by atoms with Crippen molar-refractivity contribution < 1.29 is 4.74 Å². The van der Waals surface area contributed by atoms with Crippen molar-refractivity contribution in [3.8, 4) is 5.75 Å². The van der Waals surface area contributed by atoms with Gasteiger partial charge in [-0.3, -0.25) is 14.3 Å². The second-order valence-corrected chi connectivity index (χ2v) is 9.82. The first kappa shape index (κ1) is 25.4. The third kappa shape index (κ3) is 5.74. The van der Waals surface area contributed by atoms with Gasteiger partial charge >= 0.3 is 0 Å². The largest absolute Gasteiger partial charge is 0.484 e. The maximum atomic E-state index is 13.4. The highest BCUT2D eigenvalue weighted by molar-refractivity contribution is 5.79. The van der Waals surface area contributed by atoms with Gasteiger partial charge in [0.05, 0.1) is 16.9 Å². The van der Waals surface area contributed by atoms with Gasteiger partial charge in [0.25, 0.3) is 5.56 Å². The number of hydrogen-bond donors (Lipinski definition) is 2. The lowest BCUT2D eigenvalue weighted by Crippen LogP contribution is -2.55. The zero-order valence-corrected chi connectivity index (χ0v) is 21.6. The van der Waals surface area contributed by atoms with Crippen LogP contribution in [0.5, 0.6) is 5.75 Å². The average molecular weight is 478 g/mol. The van der Waals surface area contributed by atoms with Crippen molar-refractivity contribution in [3.05, 3.63) is 70.3 Å². The molecule has 2 heterocycles. The highest BCUT2D eigenvalue weighted by Crippen LogP contribution is 2.29. The highest BCUT2D eigenvalue weighted by Gasteiger charge is 2.30. The smallest absolute Gasteiger partial charge is 0.261 e. The maximum Gasteiger partial charge on any atom is 0.261 e. The van der Waals surface area contributed by atoms with Gasteiger partial charge in [-0.2, -0.15) is 0 Å². The van der Waals surface area contributed by atoms with Gasteiger partial charge in [-0.05, 0) is 45.0 Å². The molecule has 4 atom stereocenters. The van der Waals surface area contributed by atoms with E-state index in [1.54, 1.807) is 4.57 Å². The number of rotatable bonds is 9. The average Bonchev–Trinajstić information content (AvgIpc) is 2.84. The van der Waals surface area contributed by atoms with Crippen LogP contribution in [0.15, 0.2) is 53.3 Å². The van der Waals surface area contributed by atoms with Gasteiger partial charge in [-0.1, -0.05) is 43.7 Å². The van der Waals surface area contributed by atoms with Gasteiger partial charge < -0.3 is 15.4 Å². The quantitative estimate of drug-likeness (QED) is 0.489. The second kappa shape index (κ2) is 11.3. The Kier molecular flexibility index (Phi) is 8.21. The minimum absolute atomic E-state index is 0.0104. The predicted octanol–water partition coefficient (Wildman–Crippen LogP) is 3.80. The highest BCUT2D eigenvalue weighted by atomic mass is 16.5. The molecule has 4 rings (SSSR count). The molecule has 7 nitrogen and oxygen atoms in total. The summed E-state index contributed by atoms with van der Waals surface area (Å²) >= 11 is 0. The molecular formula is C28H39N5O2. The Morgan fingerprint density at radius 3 is 2.51 bits per heavy atom. The van der Waals surface area contributed by atoms with E-state index in [0.717, 1.165) is 37.3 Å². The number of nitrogens with one attached hydrogen (secondary N) is 2. The molecule has 0 saturated carbocycles. The molecule has 188 valence electrons. The van der Waals surface area contributed by atoms with Gasteiger partial charge in [0.1, 0.15) is 17.7 Å². The predicted molar refractivity (Wildman–Crippen MR) is 142 cm³/mol. The summed E-state index contributed by atoms with van der Waals surface area (Å²) in [7, 11) is 3.77. The Morgan fingerprint density at radius 2 is 1.86 bits per heavy atom. The van der Waals surface area contributed by atoms with E-state index in [4.69, 9.17) is 9.72 Å². The lowest BCUT2D eigenvalue weighted by Gasteiger charge is -2.41. The Balaban J connectivity index is 1.71. The van der Waals surface area contributed by atoms with Crippen LogP contribution < -0.4 is 20.9 Å². The first-order chi connectivity index (χ1) is 16.9. The SMILES string of the molecule is CCC[C@H](c1nc2cc(O[C@@H](CNC)c3ccccc3)ccc2c(=O)n1C)N1C[C@@H](C)N[C@@H](C)C1. The monoisotopic (exact) mass is 477 g/mol. The standard InChI is InChI=1S/C28H39N5O2/c1-6-10-25(33-17-19(2)30-20(3)18-33)27-31-24-15-22(13-14-23(24)28(34)32(27)5)35-26(16-29-4)21-11-8-7-9-12-21/h7-9,11-15,19-20,25-26,29-30H,6,10,16-18H2,1-5H3/t19-,20+,25-,26+/m1/s1. The van der Waals surface area contributed by atoms with Gasteiger partial charge in [0.15, 0.2) is 0 Å². The lowest BCUT2D eigenvalue weighted by molar-refractivity contribution is 0.109. The number of piperazine rings is 1. The van der Waals surface area contributed by atoms with Crippen molar-refractivity contribution in [3.63, 3.8) is 0 Å². The van der Waals surface area contributed by atoms with Crippen LogP contribution in [0.4, 0.5) is 0 Å². The van der Waals surface area contributed by atoms with E-state index in [-0.39, 0.29) is 17.7 Å². The van der Waals surface area contributed by atoms with E-state index in [9.17, 15) is 4.79 Å². The van der Waals surface area contributed by atoms with Crippen LogP contribution in [0.3, 0.4) is 0 Å². The summed E-state index contributed by atoms with van der Waals surface area (Å²) in [5.41, 5.74) is 1.78. The maximum absolute atomic E-state index is 13.4. The molecule has 1 fully saturated rings. The second-order valence-electron chi connectivity index (χ2n) is 9.82. The van der Waals surface area contributed by atoms with Crippen molar-refractivity contribution in [2.75, 3.05) is 26.7 Å². The lowest BCUT2D eigenvalue weighted by atomic mass is 10.0. The van der Waals surface area contributed by atoms with E-state index < -0.39 is 0 Å². The Hall–Kier alpha value is -2.74. The third-order valence-corrected chi connectivity index (χ3v) is 6.81. The molecule has 0 amide bonds. The molecule has 0 aliphatic carbocycles. The van der Waals surface area contributed by atoms with Crippen LogP contribution in [0.2, 0.25) is 0 Å². The van der Waals surface area contributed by atoms with Gasteiger partial charge in [-0.15, -0.1) is 0 Å². The number of nitrogens with zero attached hydrogens (tertiary/aromatic N) is 3. The molecule has 35 heavy (non-hydrogen) atoms. The molecule has 1 aliphatic rings. The molecule has 1 aromatic heterocycles. The fraction of sp³-hybridized carbons (Fsp3) is 0.500. The van der Waals surface area contributed by atoms with Crippen molar-refractivity contribution >= 4 is 10.9 Å². The van der Waals surface area contributed by atoms with Gasteiger partial charge in [-0.25, -0.2) is 4.98 Å². The van der Waals surface area contributed by atoms with Crippen LogP contribution in [0, 0.1) is 0 Å². The number of aromatic nitrogens is 2. The molecule has 2 aromatic carbocycles. The number of ether oxygens (including phenoxy) is 1. The molecule has 7 heteroatoms. The molecule has 1 saturated heterocycles. The fourth-order valence-electron chi connectivity index (χ4n) is 5.26. The minimum atomic E-state index is -0.138. The summed E-state index contributed by atoms with van der Waals surface area (Å²) in [6, 6.07) is 16.7. The van der Waals surface area contributed by atoms with Crippen molar-refractivity contribution in [2.24, 2.45) is 7.05 Å². The zero-order valence-electron chi connectivity index (χ0n) is 21.6. The molecule has 0 bridgehead atoms. The first-order valence-corrected chi connectivity index (χ1v) is 12.8.